The first-order chi connectivity index (χ1) is 8.69. The lowest BCUT2D eigenvalue weighted by Crippen LogP contribution is -2.42. The van der Waals surface area contributed by atoms with E-state index in [1.165, 1.54) is 0 Å². The molecule has 1 aliphatic rings. The van der Waals surface area contributed by atoms with Crippen LogP contribution >= 0.6 is 24.0 Å². The highest BCUT2D eigenvalue weighted by Gasteiger charge is 2.12. The molecule has 0 spiro atoms. The SMILES string of the molecule is CN=C(NCc1nc(C)c(C)o1)NC1CC=CC1.I. The lowest BCUT2D eigenvalue weighted by molar-refractivity contribution is 0.462. The van der Waals surface area contributed by atoms with Crippen LogP contribution < -0.4 is 10.6 Å². The molecule has 19 heavy (non-hydrogen) atoms. The van der Waals surface area contributed by atoms with Gasteiger partial charge in [-0.15, -0.1) is 24.0 Å². The molecule has 0 amide bonds. The van der Waals surface area contributed by atoms with Gasteiger partial charge in [0.15, 0.2) is 5.96 Å². The predicted molar refractivity (Wildman–Crippen MR) is 86.9 cm³/mol. The zero-order chi connectivity index (χ0) is 13.0. The molecule has 0 aliphatic heterocycles. The molecule has 106 valence electrons. The van der Waals surface area contributed by atoms with Gasteiger partial charge in [0.05, 0.1) is 12.2 Å². The third-order valence-electron chi connectivity index (χ3n) is 3.05. The first kappa shape index (κ1) is 16.0. The largest absolute Gasteiger partial charge is 0.444 e. The van der Waals surface area contributed by atoms with E-state index >= 15 is 0 Å². The monoisotopic (exact) mass is 376 g/mol. The maximum Gasteiger partial charge on any atom is 0.214 e. The number of aromatic nitrogens is 1. The maximum absolute atomic E-state index is 5.51. The van der Waals surface area contributed by atoms with Crippen molar-refractivity contribution in [3.05, 3.63) is 29.5 Å². The minimum Gasteiger partial charge on any atom is -0.444 e. The molecule has 2 rings (SSSR count). The zero-order valence-electron chi connectivity index (χ0n) is 11.6. The molecule has 0 saturated heterocycles. The number of nitrogens with one attached hydrogen (secondary N) is 2. The molecule has 0 atom stereocenters. The maximum atomic E-state index is 5.51. The van der Waals surface area contributed by atoms with E-state index in [1.807, 2.05) is 13.8 Å². The van der Waals surface area contributed by atoms with Crippen LogP contribution in [0.15, 0.2) is 21.6 Å². The molecule has 1 aromatic heterocycles. The summed E-state index contributed by atoms with van der Waals surface area (Å²) in [6.45, 7) is 4.41. The van der Waals surface area contributed by atoms with Crippen LogP contribution in [0.3, 0.4) is 0 Å². The molecule has 0 fully saturated rings. The Hall–Kier alpha value is -1.05. The van der Waals surface area contributed by atoms with Crippen LogP contribution in [0.25, 0.3) is 0 Å². The van der Waals surface area contributed by atoms with E-state index in [-0.39, 0.29) is 24.0 Å². The number of halogens is 1. The Bertz CT molecular complexity index is 440. The third kappa shape index (κ3) is 4.52. The second kappa shape index (κ2) is 7.52. The van der Waals surface area contributed by atoms with E-state index in [0.29, 0.717) is 18.5 Å². The van der Waals surface area contributed by atoms with Gasteiger partial charge in [-0.3, -0.25) is 4.99 Å². The smallest absolute Gasteiger partial charge is 0.214 e. The van der Waals surface area contributed by atoms with Crippen molar-refractivity contribution in [1.82, 2.24) is 15.6 Å². The van der Waals surface area contributed by atoms with Gasteiger partial charge < -0.3 is 15.1 Å². The van der Waals surface area contributed by atoms with E-state index in [9.17, 15) is 0 Å². The molecular weight excluding hydrogens is 355 g/mol. The molecule has 1 aromatic rings. The fourth-order valence-electron chi connectivity index (χ4n) is 1.90. The Labute approximate surface area is 131 Å². The molecule has 1 heterocycles. The van der Waals surface area contributed by atoms with Crippen molar-refractivity contribution in [3.63, 3.8) is 0 Å². The summed E-state index contributed by atoms with van der Waals surface area (Å²) in [6.07, 6.45) is 6.48. The normalized spacial score (nSPS) is 15.4. The van der Waals surface area contributed by atoms with Gasteiger partial charge in [-0.05, 0) is 26.7 Å². The number of aryl methyl sites for hydroxylation is 2. The number of nitrogens with zero attached hydrogens (tertiary/aromatic N) is 2. The fourth-order valence-corrected chi connectivity index (χ4v) is 1.90. The molecule has 1 aliphatic carbocycles. The van der Waals surface area contributed by atoms with Gasteiger partial charge in [0.25, 0.3) is 0 Å². The van der Waals surface area contributed by atoms with Crippen LogP contribution in [0.5, 0.6) is 0 Å². The number of hydrogen-bond donors (Lipinski definition) is 2. The van der Waals surface area contributed by atoms with Crippen molar-refractivity contribution < 1.29 is 4.42 Å². The summed E-state index contributed by atoms with van der Waals surface area (Å²) in [5, 5.41) is 6.57. The highest BCUT2D eigenvalue weighted by molar-refractivity contribution is 14.0. The molecule has 0 unspecified atom stereocenters. The summed E-state index contributed by atoms with van der Waals surface area (Å²) in [4.78, 5) is 8.52. The predicted octanol–water partition coefficient (Wildman–Crippen LogP) is 2.29. The summed E-state index contributed by atoms with van der Waals surface area (Å²) in [6, 6.07) is 0.448. The molecule has 2 N–H and O–H groups in total. The van der Waals surface area contributed by atoms with Crippen LogP contribution in [-0.2, 0) is 6.54 Å². The van der Waals surface area contributed by atoms with Gasteiger partial charge in [-0.25, -0.2) is 4.98 Å². The van der Waals surface area contributed by atoms with Crippen molar-refractivity contribution >= 4 is 29.9 Å². The zero-order valence-corrected chi connectivity index (χ0v) is 13.9. The van der Waals surface area contributed by atoms with Crippen molar-refractivity contribution in [2.75, 3.05) is 7.05 Å². The van der Waals surface area contributed by atoms with Gasteiger partial charge in [0.2, 0.25) is 5.89 Å². The van der Waals surface area contributed by atoms with Crippen LogP contribution in [0.4, 0.5) is 0 Å². The Morgan fingerprint density at radius 1 is 1.42 bits per heavy atom. The average Bonchev–Trinajstić information content (AvgIpc) is 2.96. The minimum absolute atomic E-state index is 0. The molecule has 6 heteroatoms. The van der Waals surface area contributed by atoms with Crippen LogP contribution in [0.2, 0.25) is 0 Å². The fraction of sp³-hybridized carbons (Fsp3) is 0.538. The van der Waals surface area contributed by atoms with E-state index in [0.717, 1.165) is 30.3 Å². The van der Waals surface area contributed by atoms with E-state index < -0.39 is 0 Å². The molecule has 0 saturated carbocycles. The van der Waals surface area contributed by atoms with Gasteiger partial charge in [0.1, 0.15) is 5.76 Å². The summed E-state index contributed by atoms with van der Waals surface area (Å²) < 4.78 is 5.51. The highest BCUT2D eigenvalue weighted by Crippen LogP contribution is 2.09. The summed E-state index contributed by atoms with van der Waals surface area (Å²) >= 11 is 0. The molecular formula is C13H21IN4O. The van der Waals surface area contributed by atoms with Gasteiger partial charge >= 0.3 is 0 Å². The topological polar surface area (TPSA) is 62.5 Å². The number of oxazole rings is 1. The van der Waals surface area contributed by atoms with Crippen LogP contribution in [-0.4, -0.2) is 24.0 Å². The number of guanidine groups is 1. The molecule has 5 nitrogen and oxygen atoms in total. The Morgan fingerprint density at radius 2 is 2.11 bits per heavy atom. The lowest BCUT2D eigenvalue weighted by atomic mass is 10.2. The first-order valence-electron chi connectivity index (χ1n) is 6.24. The highest BCUT2D eigenvalue weighted by atomic mass is 127. The van der Waals surface area contributed by atoms with Crippen molar-refractivity contribution in [2.45, 2.75) is 39.3 Å². The van der Waals surface area contributed by atoms with Crippen molar-refractivity contribution in [3.8, 4) is 0 Å². The van der Waals surface area contributed by atoms with E-state index in [1.54, 1.807) is 7.05 Å². The molecule has 0 bridgehead atoms. The van der Waals surface area contributed by atoms with Gasteiger partial charge in [0, 0.05) is 13.1 Å². The summed E-state index contributed by atoms with van der Waals surface area (Å²) in [5.41, 5.74) is 0.940. The Balaban J connectivity index is 0.00000180. The molecule has 0 radical (unpaired) electrons. The number of rotatable bonds is 3. The van der Waals surface area contributed by atoms with E-state index in [4.69, 9.17) is 4.42 Å². The summed E-state index contributed by atoms with van der Waals surface area (Å²) in [7, 11) is 1.77. The number of hydrogen-bond acceptors (Lipinski definition) is 3. The quantitative estimate of drug-likeness (QED) is 0.368. The van der Waals surface area contributed by atoms with Crippen molar-refractivity contribution in [2.24, 2.45) is 4.99 Å². The lowest BCUT2D eigenvalue weighted by Gasteiger charge is -2.15. The second-order valence-electron chi connectivity index (χ2n) is 4.46. The first-order valence-corrected chi connectivity index (χ1v) is 6.24. The standard InChI is InChI=1S/C13H20N4O.HI/c1-9-10(2)18-12(16-9)8-15-13(14-3)17-11-6-4-5-7-11;/h4-5,11H,6-8H2,1-3H3,(H2,14,15,17);1H. The average molecular weight is 376 g/mol. The van der Waals surface area contributed by atoms with Crippen LogP contribution in [0, 0.1) is 13.8 Å². The summed E-state index contributed by atoms with van der Waals surface area (Å²) in [5.74, 6) is 2.35. The number of aliphatic imine (C=N–C) groups is 1. The minimum atomic E-state index is 0. The third-order valence-corrected chi connectivity index (χ3v) is 3.05. The Morgan fingerprint density at radius 3 is 2.63 bits per heavy atom. The second-order valence-corrected chi connectivity index (χ2v) is 4.46. The van der Waals surface area contributed by atoms with Crippen LogP contribution in [0.1, 0.15) is 30.2 Å². The molecule has 0 aromatic carbocycles. The van der Waals surface area contributed by atoms with E-state index in [2.05, 4.69) is 32.8 Å². The Kier molecular flexibility index (Phi) is 6.33. The van der Waals surface area contributed by atoms with Crippen molar-refractivity contribution in [1.29, 1.82) is 0 Å². The van der Waals surface area contributed by atoms with Gasteiger partial charge in [-0.1, -0.05) is 12.2 Å². The van der Waals surface area contributed by atoms with Gasteiger partial charge in [-0.2, -0.15) is 0 Å².